The van der Waals surface area contributed by atoms with Gasteiger partial charge in [0.1, 0.15) is 4.88 Å². The Morgan fingerprint density at radius 2 is 2.16 bits per heavy atom. The van der Waals surface area contributed by atoms with Gasteiger partial charge in [0, 0.05) is 0 Å². The van der Waals surface area contributed by atoms with Crippen LogP contribution in [-0.2, 0) is 16.0 Å². The fourth-order valence-electron chi connectivity index (χ4n) is 1.54. The SMILES string of the molecule is CCCC(N)C(=O)Nc1nc(CC)c(C(=O)OC)s1. The van der Waals surface area contributed by atoms with Gasteiger partial charge in [0.2, 0.25) is 5.91 Å². The Morgan fingerprint density at radius 1 is 1.47 bits per heavy atom. The van der Waals surface area contributed by atoms with Crippen LogP contribution in [0.3, 0.4) is 0 Å². The van der Waals surface area contributed by atoms with Gasteiger partial charge in [-0.3, -0.25) is 4.79 Å². The Balaban J connectivity index is 2.82. The van der Waals surface area contributed by atoms with Gasteiger partial charge < -0.3 is 15.8 Å². The highest BCUT2D eigenvalue weighted by Crippen LogP contribution is 2.24. The van der Waals surface area contributed by atoms with Crippen molar-refractivity contribution in [2.75, 3.05) is 12.4 Å². The number of ether oxygens (including phenoxy) is 1. The van der Waals surface area contributed by atoms with Crippen molar-refractivity contribution in [1.29, 1.82) is 0 Å². The molecule has 1 unspecified atom stereocenters. The monoisotopic (exact) mass is 285 g/mol. The lowest BCUT2D eigenvalue weighted by molar-refractivity contribution is -0.117. The molecule has 0 spiro atoms. The summed E-state index contributed by atoms with van der Waals surface area (Å²) in [7, 11) is 1.32. The van der Waals surface area contributed by atoms with Crippen LogP contribution in [0, 0.1) is 0 Å². The van der Waals surface area contributed by atoms with Gasteiger partial charge in [0.25, 0.3) is 0 Å². The second-order valence-electron chi connectivity index (χ2n) is 4.02. The van der Waals surface area contributed by atoms with E-state index in [1.807, 2.05) is 13.8 Å². The first-order valence-corrected chi connectivity index (χ1v) is 6.99. The summed E-state index contributed by atoms with van der Waals surface area (Å²) in [5.41, 5.74) is 6.33. The molecule has 0 aliphatic rings. The van der Waals surface area contributed by atoms with Crippen LogP contribution in [0.25, 0.3) is 0 Å². The molecule has 19 heavy (non-hydrogen) atoms. The lowest BCUT2D eigenvalue weighted by atomic mass is 10.2. The maximum Gasteiger partial charge on any atom is 0.350 e. The standard InChI is InChI=1S/C12H19N3O3S/c1-4-6-7(13)10(16)15-12-14-8(5-2)9(19-12)11(17)18-3/h7H,4-6,13H2,1-3H3,(H,14,15,16). The predicted molar refractivity (Wildman–Crippen MR) is 74.3 cm³/mol. The molecule has 0 radical (unpaired) electrons. The molecule has 6 nitrogen and oxygen atoms in total. The van der Waals surface area contributed by atoms with Gasteiger partial charge in [-0.25, -0.2) is 9.78 Å². The zero-order chi connectivity index (χ0) is 14.4. The molecule has 3 N–H and O–H groups in total. The Kier molecular flexibility index (Phi) is 5.91. The number of nitrogens with one attached hydrogen (secondary N) is 1. The number of hydrogen-bond acceptors (Lipinski definition) is 6. The number of hydrogen-bond donors (Lipinski definition) is 2. The molecule has 1 amide bonds. The first-order valence-electron chi connectivity index (χ1n) is 6.17. The van der Waals surface area contributed by atoms with Gasteiger partial charge in [-0.2, -0.15) is 0 Å². The maximum absolute atomic E-state index is 11.8. The molecule has 1 aromatic heterocycles. The lowest BCUT2D eigenvalue weighted by Crippen LogP contribution is -2.35. The number of carbonyl (C=O) groups excluding carboxylic acids is 2. The number of carbonyl (C=O) groups is 2. The van der Waals surface area contributed by atoms with Crippen molar-refractivity contribution in [1.82, 2.24) is 4.98 Å². The Hall–Kier alpha value is -1.47. The molecule has 1 heterocycles. The highest BCUT2D eigenvalue weighted by Gasteiger charge is 2.20. The van der Waals surface area contributed by atoms with E-state index in [2.05, 4.69) is 15.0 Å². The fourth-order valence-corrected chi connectivity index (χ4v) is 2.51. The summed E-state index contributed by atoms with van der Waals surface area (Å²) in [6, 6.07) is -0.555. The summed E-state index contributed by atoms with van der Waals surface area (Å²) >= 11 is 1.11. The molecule has 0 aliphatic carbocycles. The van der Waals surface area contributed by atoms with Crippen molar-refractivity contribution < 1.29 is 14.3 Å². The van der Waals surface area contributed by atoms with Crippen molar-refractivity contribution in [2.24, 2.45) is 5.73 Å². The van der Waals surface area contributed by atoms with E-state index in [0.717, 1.165) is 17.8 Å². The van der Waals surface area contributed by atoms with Crippen LogP contribution in [-0.4, -0.2) is 30.0 Å². The normalized spacial score (nSPS) is 12.0. The Morgan fingerprint density at radius 3 is 2.68 bits per heavy atom. The molecule has 106 valence electrons. The second kappa shape index (κ2) is 7.20. The molecule has 0 saturated carbocycles. The molecule has 1 aromatic rings. The highest BCUT2D eigenvalue weighted by molar-refractivity contribution is 7.17. The third-order valence-electron chi connectivity index (χ3n) is 2.57. The highest BCUT2D eigenvalue weighted by atomic mass is 32.1. The molecule has 0 aliphatic heterocycles. The lowest BCUT2D eigenvalue weighted by Gasteiger charge is -2.08. The number of anilines is 1. The summed E-state index contributed by atoms with van der Waals surface area (Å²) < 4.78 is 4.68. The van der Waals surface area contributed by atoms with E-state index >= 15 is 0 Å². The number of aryl methyl sites for hydroxylation is 1. The van der Waals surface area contributed by atoms with E-state index in [-0.39, 0.29) is 5.91 Å². The largest absolute Gasteiger partial charge is 0.465 e. The van der Waals surface area contributed by atoms with Crippen molar-refractivity contribution >= 4 is 28.3 Å². The molecule has 0 bridgehead atoms. The van der Waals surface area contributed by atoms with Crippen LogP contribution in [0.4, 0.5) is 5.13 Å². The summed E-state index contributed by atoms with van der Waals surface area (Å²) in [4.78, 5) is 27.9. The fraction of sp³-hybridized carbons (Fsp3) is 0.583. The molecule has 7 heteroatoms. The molecular formula is C12H19N3O3S. The van der Waals surface area contributed by atoms with Crippen molar-refractivity contribution in [3.8, 4) is 0 Å². The summed E-state index contributed by atoms with van der Waals surface area (Å²) in [5, 5.41) is 3.02. The minimum absolute atomic E-state index is 0.283. The molecule has 0 fully saturated rings. The van der Waals surface area contributed by atoms with Crippen molar-refractivity contribution in [3.05, 3.63) is 10.6 Å². The van der Waals surface area contributed by atoms with Gasteiger partial charge in [-0.1, -0.05) is 31.6 Å². The second-order valence-corrected chi connectivity index (χ2v) is 5.02. The third-order valence-corrected chi connectivity index (χ3v) is 3.56. The van der Waals surface area contributed by atoms with E-state index in [0.29, 0.717) is 28.5 Å². The minimum atomic E-state index is -0.555. The number of nitrogens with two attached hydrogens (primary N) is 1. The number of esters is 1. The Bertz CT molecular complexity index is 459. The number of amides is 1. The van der Waals surface area contributed by atoms with E-state index in [1.54, 1.807) is 0 Å². The average Bonchev–Trinajstić information content (AvgIpc) is 2.81. The first-order chi connectivity index (χ1) is 9.03. The number of nitrogens with zero attached hydrogens (tertiary/aromatic N) is 1. The van der Waals surface area contributed by atoms with Crippen LogP contribution in [0.1, 0.15) is 42.1 Å². The molecular weight excluding hydrogens is 266 g/mol. The summed E-state index contributed by atoms with van der Waals surface area (Å²) in [6.07, 6.45) is 2.04. The molecule has 1 rings (SSSR count). The van der Waals surface area contributed by atoms with Crippen LogP contribution in [0.5, 0.6) is 0 Å². The maximum atomic E-state index is 11.8. The van der Waals surface area contributed by atoms with Crippen LogP contribution >= 0.6 is 11.3 Å². The number of rotatable bonds is 6. The molecule has 0 aromatic carbocycles. The van der Waals surface area contributed by atoms with Gasteiger partial charge in [0.15, 0.2) is 5.13 Å². The number of thiazole rings is 1. The quantitative estimate of drug-likeness (QED) is 0.773. The topological polar surface area (TPSA) is 94.3 Å². The zero-order valence-corrected chi connectivity index (χ0v) is 12.2. The van der Waals surface area contributed by atoms with Crippen molar-refractivity contribution in [3.63, 3.8) is 0 Å². The van der Waals surface area contributed by atoms with Gasteiger partial charge >= 0.3 is 5.97 Å². The van der Waals surface area contributed by atoms with Crippen molar-refractivity contribution in [2.45, 2.75) is 39.2 Å². The van der Waals surface area contributed by atoms with Gasteiger partial charge in [-0.05, 0) is 12.8 Å². The van der Waals surface area contributed by atoms with Gasteiger partial charge in [-0.15, -0.1) is 0 Å². The minimum Gasteiger partial charge on any atom is -0.465 e. The van der Waals surface area contributed by atoms with Gasteiger partial charge in [0.05, 0.1) is 18.8 Å². The van der Waals surface area contributed by atoms with Crippen LogP contribution < -0.4 is 11.1 Å². The molecule has 1 atom stereocenters. The van der Waals surface area contributed by atoms with E-state index in [4.69, 9.17) is 5.73 Å². The average molecular weight is 285 g/mol. The first kappa shape index (κ1) is 15.6. The Labute approximate surface area is 116 Å². The van der Waals surface area contributed by atoms with E-state index < -0.39 is 12.0 Å². The predicted octanol–water partition coefficient (Wildman–Crippen LogP) is 1.56. The zero-order valence-electron chi connectivity index (χ0n) is 11.4. The smallest absolute Gasteiger partial charge is 0.350 e. The van der Waals surface area contributed by atoms with Crippen LogP contribution in [0.15, 0.2) is 0 Å². The third kappa shape index (κ3) is 4.00. The van der Waals surface area contributed by atoms with E-state index in [1.165, 1.54) is 7.11 Å². The summed E-state index contributed by atoms with van der Waals surface area (Å²) in [6.45, 7) is 3.84. The van der Waals surface area contributed by atoms with E-state index in [9.17, 15) is 9.59 Å². The number of methoxy groups -OCH3 is 1. The number of aromatic nitrogens is 1. The van der Waals surface area contributed by atoms with Crippen LogP contribution in [0.2, 0.25) is 0 Å². The molecule has 0 saturated heterocycles. The summed E-state index contributed by atoms with van der Waals surface area (Å²) in [5.74, 6) is -0.720.